The van der Waals surface area contributed by atoms with Gasteiger partial charge in [-0.25, -0.2) is 0 Å². The molecular formula is C22H24N2O. The van der Waals surface area contributed by atoms with E-state index in [1.165, 1.54) is 22.2 Å². The second-order valence-electron chi connectivity index (χ2n) is 7.57. The summed E-state index contributed by atoms with van der Waals surface area (Å²) >= 11 is 0. The van der Waals surface area contributed by atoms with Gasteiger partial charge in [0.1, 0.15) is 0 Å². The molecule has 0 bridgehead atoms. The Kier molecular flexibility index (Phi) is 3.68. The third-order valence-corrected chi connectivity index (χ3v) is 5.20. The molecule has 0 N–H and O–H groups in total. The number of aromatic nitrogens is 1. The van der Waals surface area contributed by atoms with E-state index in [4.69, 9.17) is 0 Å². The zero-order valence-corrected chi connectivity index (χ0v) is 15.3. The highest BCUT2D eigenvalue weighted by molar-refractivity contribution is 6.10. The molecule has 25 heavy (non-hydrogen) atoms. The van der Waals surface area contributed by atoms with Gasteiger partial charge < -0.3 is 9.47 Å². The van der Waals surface area contributed by atoms with Crippen molar-refractivity contribution in [3.63, 3.8) is 0 Å². The van der Waals surface area contributed by atoms with Gasteiger partial charge in [0.2, 0.25) is 0 Å². The van der Waals surface area contributed by atoms with Crippen LogP contribution >= 0.6 is 0 Å². The van der Waals surface area contributed by atoms with Crippen LogP contribution in [0.25, 0.3) is 10.9 Å². The predicted molar refractivity (Wildman–Crippen MR) is 103 cm³/mol. The number of carbonyl (C=O) groups is 1. The fraction of sp³-hybridized carbons (Fsp3) is 0.318. The number of hydrogen-bond acceptors (Lipinski definition) is 1. The van der Waals surface area contributed by atoms with Crippen LogP contribution in [0.15, 0.2) is 42.5 Å². The monoisotopic (exact) mass is 332 g/mol. The van der Waals surface area contributed by atoms with Crippen molar-refractivity contribution in [2.75, 3.05) is 4.90 Å². The third-order valence-electron chi connectivity index (χ3n) is 5.20. The lowest BCUT2D eigenvalue weighted by Crippen LogP contribution is -2.22. The first-order chi connectivity index (χ1) is 11.9. The van der Waals surface area contributed by atoms with Crippen LogP contribution in [0, 0.1) is 12.8 Å². The molecule has 0 spiro atoms. The number of nitrogens with zero attached hydrogens (tertiary/aromatic N) is 2. The van der Waals surface area contributed by atoms with E-state index >= 15 is 0 Å². The van der Waals surface area contributed by atoms with Gasteiger partial charge in [-0.2, -0.15) is 0 Å². The smallest absolute Gasteiger partial charge is 0.258 e. The number of fused-ring (bicyclic) bond motifs is 2. The summed E-state index contributed by atoms with van der Waals surface area (Å²) in [5.41, 5.74) is 6.64. The molecule has 0 aliphatic carbocycles. The molecule has 0 unspecified atom stereocenters. The minimum Gasteiger partial charge on any atom is -0.348 e. The van der Waals surface area contributed by atoms with Crippen molar-refractivity contribution in [3.8, 4) is 0 Å². The average Bonchev–Trinajstić information content (AvgIpc) is 3.04. The number of aryl methyl sites for hydroxylation is 2. The first-order valence-corrected chi connectivity index (χ1v) is 8.94. The molecule has 2 aromatic carbocycles. The standard InChI is InChI=1S/C22H24N2O/c1-14(2)9-16-5-6-17-13-24(22(25)20(17)11-16)19-7-8-21-18(12-19)10-15(3)23(21)4/h5-8,10-12,14H,9,13H2,1-4H3. The highest BCUT2D eigenvalue weighted by Crippen LogP contribution is 2.32. The molecule has 128 valence electrons. The molecule has 4 rings (SSSR count). The van der Waals surface area contributed by atoms with Gasteiger partial charge >= 0.3 is 0 Å². The topological polar surface area (TPSA) is 25.2 Å². The Morgan fingerprint density at radius 3 is 2.64 bits per heavy atom. The number of carbonyl (C=O) groups excluding carboxylic acids is 1. The van der Waals surface area contributed by atoms with Gasteiger partial charge in [-0.15, -0.1) is 0 Å². The van der Waals surface area contributed by atoms with Gasteiger partial charge in [0.15, 0.2) is 0 Å². The molecule has 0 radical (unpaired) electrons. The molecule has 3 heteroatoms. The Hall–Kier alpha value is -2.55. The summed E-state index contributed by atoms with van der Waals surface area (Å²) in [7, 11) is 2.07. The molecule has 0 atom stereocenters. The number of rotatable bonds is 3. The number of amides is 1. The van der Waals surface area contributed by atoms with Gasteiger partial charge in [0, 0.05) is 34.9 Å². The number of hydrogen-bond donors (Lipinski definition) is 0. The minimum atomic E-state index is 0.118. The summed E-state index contributed by atoms with van der Waals surface area (Å²) in [5.74, 6) is 0.710. The van der Waals surface area contributed by atoms with Crippen molar-refractivity contribution in [2.45, 2.75) is 33.7 Å². The largest absolute Gasteiger partial charge is 0.348 e. The van der Waals surface area contributed by atoms with Crippen molar-refractivity contribution in [2.24, 2.45) is 13.0 Å². The molecule has 3 aromatic rings. The highest BCUT2D eigenvalue weighted by Gasteiger charge is 2.29. The summed E-state index contributed by atoms with van der Waals surface area (Å²) in [5, 5.41) is 1.18. The normalized spacial score (nSPS) is 14.0. The van der Waals surface area contributed by atoms with Gasteiger partial charge in [0.05, 0.1) is 6.54 Å². The maximum atomic E-state index is 13.0. The summed E-state index contributed by atoms with van der Waals surface area (Å²) in [4.78, 5) is 14.9. The van der Waals surface area contributed by atoms with E-state index in [0.29, 0.717) is 12.5 Å². The van der Waals surface area contributed by atoms with Crippen LogP contribution in [0.4, 0.5) is 5.69 Å². The van der Waals surface area contributed by atoms with Crippen molar-refractivity contribution in [3.05, 3.63) is 64.8 Å². The summed E-state index contributed by atoms with van der Waals surface area (Å²) < 4.78 is 2.18. The third kappa shape index (κ3) is 2.64. The van der Waals surface area contributed by atoms with Crippen LogP contribution in [0.2, 0.25) is 0 Å². The molecule has 1 amide bonds. The molecule has 1 aromatic heterocycles. The Morgan fingerprint density at radius 2 is 1.88 bits per heavy atom. The quantitative estimate of drug-likeness (QED) is 0.673. The number of benzene rings is 2. The van der Waals surface area contributed by atoms with Crippen molar-refractivity contribution < 1.29 is 4.79 Å². The van der Waals surface area contributed by atoms with E-state index in [9.17, 15) is 4.79 Å². The van der Waals surface area contributed by atoms with Crippen molar-refractivity contribution in [1.82, 2.24) is 4.57 Å². The van der Waals surface area contributed by atoms with Gasteiger partial charge in [-0.3, -0.25) is 4.79 Å². The van der Waals surface area contributed by atoms with Crippen LogP contribution in [0.1, 0.15) is 41.0 Å². The molecule has 1 aliphatic heterocycles. The number of anilines is 1. The fourth-order valence-electron chi connectivity index (χ4n) is 3.80. The fourth-order valence-corrected chi connectivity index (χ4v) is 3.80. The minimum absolute atomic E-state index is 0.118. The SMILES string of the molecule is Cc1cc2cc(N3Cc4ccc(CC(C)C)cc4C3=O)ccc2n1C. The van der Waals surface area contributed by atoms with Gasteiger partial charge in [-0.05, 0) is 60.7 Å². The van der Waals surface area contributed by atoms with Crippen LogP contribution in [-0.2, 0) is 20.0 Å². The van der Waals surface area contributed by atoms with E-state index in [0.717, 1.165) is 23.2 Å². The lowest BCUT2D eigenvalue weighted by molar-refractivity contribution is 0.0996. The average molecular weight is 332 g/mol. The van der Waals surface area contributed by atoms with Crippen LogP contribution in [0.3, 0.4) is 0 Å². The van der Waals surface area contributed by atoms with E-state index in [-0.39, 0.29) is 5.91 Å². The second-order valence-corrected chi connectivity index (χ2v) is 7.57. The van der Waals surface area contributed by atoms with Gasteiger partial charge in [-0.1, -0.05) is 26.0 Å². The first kappa shape index (κ1) is 15.9. The Balaban J connectivity index is 1.69. The zero-order valence-electron chi connectivity index (χ0n) is 15.3. The summed E-state index contributed by atoms with van der Waals surface area (Å²) in [6, 6.07) is 14.8. The van der Waals surface area contributed by atoms with E-state index < -0.39 is 0 Å². The maximum absolute atomic E-state index is 13.0. The van der Waals surface area contributed by atoms with Crippen molar-refractivity contribution in [1.29, 1.82) is 0 Å². The molecule has 2 heterocycles. The molecule has 0 fully saturated rings. The Morgan fingerprint density at radius 1 is 1.08 bits per heavy atom. The van der Waals surface area contributed by atoms with Crippen LogP contribution < -0.4 is 4.90 Å². The molecule has 0 saturated heterocycles. The zero-order chi connectivity index (χ0) is 17.7. The molecule has 3 nitrogen and oxygen atoms in total. The van der Waals surface area contributed by atoms with E-state index in [2.05, 4.69) is 74.9 Å². The van der Waals surface area contributed by atoms with E-state index in [1.807, 2.05) is 4.90 Å². The summed E-state index contributed by atoms with van der Waals surface area (Å²) in [6.07, 6.45) is 1.01. The van der Waals surface area contributed by atoms with Crippen molar-refractivity contribution >= 4 is 22.5 Å². The second kappa shape index (κ2) is 5.76. The molecular weight excluding hydrogens is 308 g/mol. The van der Waals surface area contributed by atoms with E-state index in [1.54, 1.807) is 0 Å². The Labute approximate surface area is 148 Å². The lowest BCUT2D eigenvalue weighted by atomic mass is 9.99. The highest BCUT2D eigenvalue weighted by atomic mass is 16.2. The lowest BCUT2D eigenvalue weighted by Gasteiger charge is -2.16. The summed E-state index contributed by atoms with van der Waals surface area (Å²) in [6.45, 7) is 7.18. The molecule has 0 saturated carbocycles. The maximum Gasteiger partial charge on any atom is 0.258 e. The van der Waals surface area contributed by atoms with Crippen LogP contribution in [-0.4, -0.2) is 10.5 Å². The first-order valence-electron chi connectivity index (χ1n) is 8.94. The van der Waals surface area contributed by atoms with Crippen LogP contribution in [0.5, 0.6) is 0 Å². The molecule has 1 aliphatic rings. The van der Waals surface area contributed by atoms with Gasteiger partial charge in [0.25, 0.3) is 5.91 Å². The Bertz CT molecular complexity index is 981. The predicted octanol–water partition coefficient (Wildman–Crippen LogP) is 4.85.